The average Bonchev–Trinajstić information content (AvgIpc) is 2.89. The van der Waals surface area contributed by atoms with Crippen LogP contribution in [0, 0.1) is 5.92 Å². The third-order valence-electron chi connectivity index (χ3n) is 7.37. The van der Waals surface area contributed by atoms with Crippen molar-refractivity contribution in [3.63, 3.8) is 0 Å². The number of hydrogen-bond donors (Lipinski definition) is 2. The van der Waals surface area contributed by atoms with Gasteiger partial charge < -0.3 is 15.8 Å². The van der Waals surface area contributed by atoms with Gasteiger partial charge in [0, 0.05) is 11.4 Å². The van der Waals surface area contributed by atoms with E-state index < -0.39 is 0 Å². The zero-order chi connectivity index (χ0) is 23.5. The number of ether oxygens (including phenoxy) is 1. The first kappa shape index (κ1) is 22.3. The molecule has 0 saturated heterocycles. The number of nitrogens with two attached hydrogens (primary N) is 1. The second kappa shape index (κ2) is 9.80. The van der Waals surface area contributed by atoms with Crippen LogP contribution in [0.2, 0.25) is 0 Å². The minimum atomic E-state index is -0.177. The number of hydrogen-bond acceptors (Lipinski definition) is 3. The van der Waals surface area contributed by atoms with E-state index in [1.165, 1.54) is 43.2 Å². The Morgan fingerprint density at radius 1 is 0.971 bits per heavy atom. The standard InChI is InChI=1S/C29H33N3O2/c1-2-20-3-5-21(6-4-20)22-7-9-23(10-8-22)24-11-16-27-28(19-24)34-18-17-32(27)29(33)31-26-14-12-25(30)13-15-26/h7-16,19-21H,2-6,17-18,30H2,1H3,(H,31,33). The molecule has 3 N–H and O–H groups in total. The van der Waals surface area contributed by atoms with E-state index in [1.54, 1.807) is 29.2 Å². The van der Waals surface area contributed by atoms with Crippen molar-refractivity contribution >= 4 is 23.1 Å². The number of nitrogens with one attached hydrogen (secondary N) is 1. The summed E-state index contributed by atoms with van der Waals surface area (Å²) >= 11 is 0. The van der Waals surface area contributed by atoms with Crippen molar-refractivity contribution < 1.29 is 9.53 Å². The molecule has 1 aliphatic carbocycles. The fourth-order valence-electron chi connectivity index (χ4n) is 5.22. The molecule has 5 heteroatoms. The molecule has 0 atom stereocenters. The molecule has 1 heterocycles. The highest BCUT2D eigenvalue weighted by molar-refractivity contribution is 6.03. The Kier molecular flexibility index (Phi) is 6.43. The van der Waals surface area contributed by atoms with Gasteiger partial charge in [-0.3, -0.25) is 4.90 Å². The summed E-state index contributed by atoms with van der Waals surface area (Å²) in [6.45, 7) is 3.28. The van der Waals surface area contributed by atoms with Crippen molar-refractivity contribution in [2.24, 2.45) is 5.92 Å². The van der Waals surface area contributed by atoms with Gasteiger partial charge in [-0.25, -0.2) is 4.79 Å². The number of urea groups is 1. The van der Waals surface area contributed by atoms with E-state index in [0.717, 1.165) is 22.9 Å². The number of benzene rings is 3. The lowest BCUT2D eigenvalue weighted by atomic mass is 9.77. The van der Waals surface area contributed by atoms with Gasteiger partial charge in [0.05, 0.1) is 12.2 Å². The van der Waals surface area contributed by atoms with Gasteiger partial charge in [-0.05, 0) is 90.6 Å². The van der Waals surface area contributed by atoms with Crippen LogP contribution in [0.15, 0.2) is 66.7 Å². The van der Waals surface area contributed by atoms with Gasteiger partial charge in [0.15, 0.2) is 0 Å². The summed E-state index contributed by atoms with van der Waals surface area (Å²) < 4.78 is 5.93. The van der Waals surface area contributed by atoms with Crippen LogP contribution in [0.3, 0.4) is 0 Å². The van der Waals surface area contributed by atoms with Gasteiger partial charge >= 0.3 is 6.03 Å². The maximum atomic E-state index is 12.9. The van der Waals surface area contributed by atoms with Gasteiger partial charge in [0.25, 0.3) is 0 Å². The van der Waals surface area contributed by atoms with E-state index in [-0.39, 0.29) is 6.03 Å². The molecule has 0 spiro atoms. The van der Waals surface area contributed by atoms with E-state index in [1.807, 2.05) is 12.1 Å². The summed E-state index contributed by atoms with van der Waals surface area (Å²) in [7, 11) is 0. The summed E-state index contributed by atoms with van der Waals surface area (Å²) in [6, 6.07) is 22.1. The predicted octanol–water partition coefficient (Wildman–Crippen LogP) is 7.05. The average molecular weight is 456 g/mol. The lowest BCUT2D eigenvalue weighted by Crippen LogP contribution is -2.40. The van der Waals surface area contributed by atoms with Crippen molar-refractivity contribution in [3.8, 4) is 16.9 Å². The zero-order valence-corrected chi connectivity index (χ0v) is 19.8. The Balaban J connectivity index is 1.30. The van der Waals surface area contributed by atoms with Crippen molar-refractivity contribution in [2.75, 3.05) is 29.1 Å². The SMILES string of the molecule is CCC1CCC(c2ccc(-c3ccc4c(c3)OCCN4C(=O)Nc3ccc(N)cc3)cc2)CC1. The Bertz CT molecular complexity index is 1130. The molecule has 3 aromatic carbocycles. The number of nitrogen functional groups attached to an aromatic ring is 1. The van der Waals surface area contributed by atoms with E-state index in [4.69, 9.17) is 10.5 Å². The smallest absolute Gasteiger partial charge is 0.326 e. The number of carbonyl (C=O) groups is 1. The maximum Gasteiger partial charge on any atom is 0.326 e. The van der Waals surface area contributed by atoms with Crippen molar-refractivity contribution in [1.29, 1.82) is 0 Å². The van der Waals surface area contributed by atoms with Gasteiger partial charge in [-0.15, -0.1) is 0 Å². The number of nitrogens with zero attached hydrogens (tertiary/aromatic N) is 1. The number of carbonyl (C=O) groups excluding carboxylic acids is 1. The Hall–Kier alpha value is -3.47. The molecule has 1 fully saturated rings. The second-order valence-electron chi connectivity index (χ2n) is 9.48. The van der Waals surface area contributed by atoms with Crippen molar-refractivity contribution in [1.82, 2.24) is 0 Å². The van der Waals surface area contributed by atoms with Crippen molar-refractivity contribution in [3.05, 3.63) is 72.3 Å². The van der Waals surface area contributed by atoms with Crippen LogP contribution in [0.1, 0.15) is 50.5 Å². The molecular weight excluding hydrogens is 422 g/mol. The van der Waals surface area contributed by atoms with Crippen molar-refractivity contribution in [2.45, 2.75) is 44.9 Å². The van der Waals surface area contributed by atoms with Crippen LogP contribution in [0.25, 0.3) is 11.1 Å². The molecule has 5 nitrogen and oxygen atoms in total. The van der Waals surface area contributed by atoms with Crippen LogP contribution in [-0.2, 0) is 0 Å². The van der Waals surface area contributed by atoms with Crippen LogP contribution < -0.4 is 20.7 Å². The molecule has 1 saturated carbocycles. The fraction of sp³-hybridized carbons (Fsp3) is 0.345. The molecular formula is C29H33N3O2. The van der Waals surface area contributed by atoms with Gasteiger partial charge in [0.2, 0.25) is 0 Å². The van der Waals surface area contributed by atoms with Gasteiger partial charge in [-0.2, -0.15) is 0 Å². The van der Waals surface area contributed by atoms with E-state index in [2.05, 4.69) is 42.6 Å². The number of amides is 2. The molecule has 2 amide bonds. The van der Waals surface area contributed by atoms with Crippen LogP contribution >= 0.6 is 0 Å². The second-order valence-corrected chi connectivity index (χ2v) is 9.48. The van der Waals surface area contributed by atoms with Crippen LogP contribution in [0.4, 0.5) is 21.9 Å². The van der Waals surface area contributed by atoms with Crippen LogP contribution in [0.5, 0.6) is 5.75 Å². The molecule has 0 radical (unpaired) electrons. The molecule has 0 bridgehead atoms. The fourth-order valence-corrected chi connectivity index (χ4v) is 5.22. The topological polar surface area (TPSA) is 67.6 Å². The maximum absolute atomic E-state index is 12.9. The summed E-state index contributed by atoms with van der Waals surface area (Å²) in [5.41, 5.74) is 11.6. The highest BCUT2D eigenvalue weighted by Gasteiger charge is 2.25. The monoisotopic (exact) mass is 455 g/mol. The first-order valence-corrected chi connectivity index (χ1v) is 12.4. The Morgan fingerprint density at radius 3 is 2.38 bits per heavy atom. The molecule has 3 aromatic rings. The Morgan fingerprint density at radius 2 is 1.68 bits per heavy atom. The minimum Gasteiger partial charge on any atom is -0.490 e. The third-order valence-corrected chi connectivity index (χ3v) is 7.37. The van der Waals surface area contributed by atoms with Gasteiger partial charge in [0.1, 0.15) is 12.4 Å². The lowest BCUT2D eigenvalue weighted by Gasteiger charge is -2.30. The Labute approximate surface area is 201 Å². The number of rotatable bonds is 4. The predicted molar refractivity (Wildman–Crippen MR) is 140 cm³/mol. The van der Waals surface area contributed by atoms with E-state index in [0.29, 0.717) is 30.4 Å². The molecule has 176 valence electrons. The zero-order valence-electron chi connectivity index (χ0n) is 19.8. The summed E-state index contributed by atoms with van der Waals surface area (Å²) in [6.07, 6.45) is 6.63. The van der Waals surface area contributed by atoms with Gasteiger partial charge in [-0.1, -0.05) is 43.7 Å². The lowest BCUT2D eigenvalue weighted by molar-refractivity contribution is 0.250. The molecule has 2 aliphatic rings. The third kappa shape index (κ3) is 4.74. The molecule has 0 aromatic heterocycles. The molecule has 5 rings (SSSR count). The normalized spacial score (nSPS) is 19.7. The summed E-state index contributed by atoms with van der Waals surface area (Å²) in [5, 5.41) is 2.95. The molecule has 0 unspecified atom stereocenters. The van der Waals surface area contributed by atoms with E-state index in [9.17, 15) is 4.79 Å². The molecule has 1 aliphatic heterocycles. The molecule has 34 heavy (non-hydrogen) atoms. The first-order valence-electron chi connectivity index (χ1n) is 12.4. The first-order chi connectivity index (χ1) is 16.6. The highest BCUT2D eigenvalue weighted by Crippen LogP contribution is 2.39. The largest absolute Gasteiger partial charge is 0.490 e. The number of anilines is 3. The van der Waals surface area contributed by atoms with Crippen LogP contribution in [-0.4, -0.2) is 19.2 Å². The number of fused-ring (bicyclic) bond motifs is 1. The quantitative estimate of drug-likeness (QED) is 0.414. The summed E-state index contributed by atoms with van der Waals surface area (Å²) in [5.74, 6) is 2.34. The van der Waals surface area contributed by atoms with E-state index >= 15 is 0 Å². The highest BCUT2D eigenvalue weighted by atomic mass is 16.5. The summed E-state index contributed by atoms with van der Waals surface area (Å²) in [4.78, 5) is 14.7. The minimum absolute atomic E-state index is 0.177.